The number of hydrogen-bond donors (Lipinski definition) is 0. The second-order valence-electron chi connectivity index (χ2n) is 13.1. The molecule has 1 aromatic carbocycles. The van der Waals surface area contributed by atoms with Gasteiger partial charge in [-0.1, -0.05) is 102 Å². The Bertz CT molecular complexity index is 1790. The number of unbranched alkanes of at least 4 members (excludes halogenated alkanes) is 2. The van der Waals surface area contributed by atoms with E-state index in [1.165, 1.54) is 25.7 Å². The summed E-state index contributed by atoms with van der Waals surface area (Å²) in [5.74, 6) is 15.8. The largest absolute Gasteiger partial charge is 0.492 e. The van der Waals surface area contributed by atoms with Gasteiger partial charge in [0.25, 0.3) is 0 Å². The van der Waals surface area contributed by atoms with Gasteiger partial charge in [0, 0.05) is 48.0 Å². The van der Waals surface area contributed by atoms with E-state index in [0.29, 0.717) is 36.5 Å². The number of rotatable bonds is 16. The van der Waals surface area contributed by atoms with Crippen LogP contribution >= 0.6 is 0 Å². The minimum atomic E-state index is 0.460. The number of aromatic nitrogens is 4. The van der Waals surface area contributed by atoms with Crippen molar-refractivity contribution in [2.45, 2.75) is 79.1 Å². The van der Waals surface area contributed by atoms with Crippen molar-refractivity contribution in [3.8, 4) is 58.0 Å². The highest BCUT2D eigenvalue weighted by molar-refractivity contribution is 5.61. The predicted octanol–water partition coefficient (Wildman–Crippen LogP) is 10.6. The molecule has 0 fully saturated rings. The van der Waals surface area contributed by atoms with Crippen LogP contribution in [0.5, 0.6) is 11.5 Å². The molecule has 5 rings (SSSR count). The van der Waals surface area contributed by atoms with E-state index < -0.39 is 0 Å². The molecule has 5 aromatic rings. The summed E-state index contributed by atoms with van der Waals surface area (Å²) in [6.45, 7) is 10.2. The summed E-state index contributed by atoms with van der Waals surface area (Å²) in [6, 6.07) is 23.5. The molecule has 0 aliphatic rings. The van der Waals surface area contributed by atoms with E-state index >= 15 is 0 Å². The van der Waals surface area contributed by atoms with Gasteiger partial charge in [-0.15, -0.1) is 0 Å². The van der Waals surface area contributed by atoms with Gasteiger partial charge in [-0.25, -0.2) is 0 Å². The van der Waals surface area contributed by atoms with Gasteiger partial charge in [-0.2, -0.15) is 0 Å². The minimum Gasteiger partial charge on any atom is -0.492 e. The molecule has 0 saturated carbocycles. The third kappa shape index (κ3) is 11.3. The van der Waals surface area contributed by atoms with E-state index in [1.807, 2.05) is 72.8 Å². The summed E-state index contributed by atoms with van der Waals surface area (Å²) >= 11 is 0. The van der Waals surface area contributed by atoms with Gasteiger partial charge in [0.05, 0.1) is 47.1 Å². The number of ether oxygens (including phenoxy) is 2. The molecule has 0 spiro atoms. The zero-order chi connectivity index (χ0) is 36.4. The molecule has 0 N–H and O–H groups in total. The zero-order valence-corrected chi connectivity index (χ0v) is 31.1. The van der Waals surface area contributed by atoms with Crippen LogP contribution in [0.2, 0.25) is 0 Å². The topological polar surface area (TPSA) is 70.0 Å². The Morgan fingerprint density at radius 3 is 1.31 bits per heavy atom. The summed E-state index contributed by atoms with van der Waals surface area (Å²) in [7, 11) is 0. The monoisotopic (exact) mass is 690 g/mol. The maximum absolute atomic E-state index is 6.60. The van der Waals surface area contributed by atoms with E-state index in [0.717, 1.165) is 70.7 Å². The highest BCUT2D eigenvalue weighted by Crippen LogP contribution is 2.31. The Hall–Kier alpha value is -5.46. The molecule has 2 atom stereocenters. The standard InChI is InChI=1S/C46H50N4O2/c1-5-9-15-35(7-3)33-51-45-29-40(24-20-38-22-26-44(50-32-38)42-18-12-14-28-48-42)46(52-34-36(8-4)16-10-6-2)30-39(45)23-19-37-21-25-43(49-31-37)41-17-11-13-27-47-41/h11-14,17-18,21-22,25-32,35-36H,5-10,15-16,33-34H2,1-4H3. The number of benzene rings is 1. The van der Waals surface area contributed by atoms with Crippen LogP contribution in [-0.2, 0) is 0 Å². The Morgan fingerprint density at radius 2 is 0.962 bits per heavy atom. The summed E-state index contributed by atoms with van der Waals surface area (Å²) in [5, 5.41) is 0. The molecule has 2 unspecified atom stereocenters. The van der Waals surface area contributed by atoms with E-state index in [2.05, 4.69) is 71.3 Å². The maximum Gasteiger partial charge on any atom is 0.136 e. The Morgan fingerprint density at radius 1 is 0.519 bits per heavy atom. The van der Waals surface area contributed by atoms with Crippen LogP contribution < -0.4 is 9.47 Å². The van der Waals surface area contributed by atoms with Gasteiger partial charge < -0.3 is 9.47 Å². The second kappa shape index (κ2) is 20.4. The normalized spacial score (nSPS) is 11.8. The molecular weight excluding hydrogens is 641 g/mol. The van der Waals surface area contributed by atoms with Crippen molar-refractivity contribution in [3.05, 3.63) is 120 Å². The lowest BCUT2D eigenvalue weighted by atomic mass is 10.00. The molecule has 4 aromatic heterocycles. The van der Waals surface area contributed by atoms with E-state index in [9.17, 15) is 0 Å². The zero-order valence-electron chi connectivity index (χ0n) is 31.1. The van der Waals surface area contributed by atoms with E-state index in [1.54, 1.807) is 24.8 Å². The fraction of sp³-hybridized carbons (Fsp3) is 0.348. The molecule has 266 valence electrons. The SMILES string of the molecule is CCCCC(CC)COc1cc(C#Cc2ccc(-c3ccccn3)nc2)c(OCC(CC)CCCC)cc1C#Cc1ccc(-c2ccccn2)nc1. The predicted molar refractivity (Wildman–Crippen MR) is 211 cm³/mol. The van der Waals surface area contributed by atoms with Crippen molar-refractivity contribution < 1.29 is 9.47 Å². The first kappa shape index (κ1) is 37.8. The van der Waals surface area contributed by atoms with Gasteiger partial charge in [0.1, 0.15) is 11.5 Å². The molecule has 6 heteroatoms. The minimum absolute atomic E-state index is 0.460. The Kier molecular flexibility index (Phi) is 14.8. The third-order valence-corrected chi connectivity index (χ3v) is 9.18. The smallest absolute Gasteiger partial charge is 0.136 e. The third-order valence-electron chi connectivity index (χ3n) is 9.18. The molecule has 0 radical (unpaired) electrons. The second-order valence-corrected chi connectivity index (χ2v) is 13.1. The van der Waals surface area contributed by atoms with Crippen LogP contribution in [0.15, 0.2) is 97.6 Å². The molecule has 52 heavy (non-hydrogen) atoms. The average molecular weight is 691 g/mol. The summed E-state index contributed by atoms with van der Waals surface area (Å²) in [5.41, 5.74) is 6.41. The molecule has 0 aliphatic heterocycles. The van der Waals surface area contributed by atoms with Crippen molar-refractivity contribution in [2.24, 2.45) is 11.8 Å². The molecule has 0 aliphatic carbocycles. The van der Waals surface area contributed by atoms with Gasteiger partial charge >= 0.3 is 0 Å². The van der Waals surface area contributed by atoms with E-state index in [-0.39, 0.29) is 0 Å². The number of nitrogens with zero attached hydrogens (tertiary/aromatic N) is 4. The summed E-state index contributed by atoms with van der Waals surface area (Å²) in [6.07, 6.45) is 16.2. The van der Waals surface area contributed by atoms with E-state index in [4.69, 9.17) is 9.47 Å². The molecule has 0 amide bonds. The van der Waals surface area contributed by atoms with Crippen molar-refractivity contribution in [1.29, 1.82) is 0 Å². The van der Waals surface area contributed by atoms with Crippen LogP contribution in [-0.4, -0.2) is 33.1 Å². The van der Waals surface area contributed by atoms with Crippen molar-refractivity contribution in [1.82, 2.24) is 19.9 Å². The molecule has 0 saturated heterocycles. The van der Waals surface area contributed by atoms with Gasteiger partial charge in [0.2, 0.25) is 0 Å². The first-order chi connectivity index (χ1) is 25.6. The van der Waals surface area contributed by atoms with Crippen LogP contribution in [0.1, 0.15) is 101 Å². The van der Waals surface area contributed by atoms with Gasteiger partial charge in [0.15, 0.2) is 0 Å². The van der Waals surface area contributed by atoms with Crippen molar-refractivity contribution >= 4 is 0 Å². The highest BCUT2D eigenvalue weighted by atomic mass is 16.5. The number of pyridine rings is 4. The summed E-state index contributed by atoms with van der Waals surface area (Å²) in [4.78, 5) is 18.1. The molecule has 6 nitrogen and oxygen atoms in total. The van der Waals surface area contributed by atoms with Crippen molar-refractivity contribution in [3.63, 3.8) is 0 Å². The van der Waals surface area contributed by atoms with Crippen molar-refractivity contribution in [2.75, 3.05) is 13.2 Å². The fourth-order valence-electron chi connectivity index (χ4n) is 5.75. The van der Waals surface area contributed by atoms with Gasteiger partial charge in [-0.3, -0.25) is 19.9 Å². The van der Waals surface area contributed by atoms with Crippen LogP contribution in [0.25, 0.3) is 22.8 Å². The lowest BCUT2D eigenvalue weighted by Crippen LogP contribution is -2.13. The Labute approximate surface area is 310 Å². The quantitative estimate of drug-likeness (QED) is 0.0960. The Balaban J connectivity index is 1.50. The summed E-state index contributed by atoms with van der Waals surface area (Å²) < 4.78 is 13.2. The first-order valence-corrected chi connectivity index (χ1v) is 18.8. The molecule has 0 bridgehead atoms. The first-order valence-electron chi connectivity index (χ1n) is 18.8. The van der Waals surface area contributed by atoms with Crippen LogP contribution in [0.3, 0.4) is 0 Å². The van der Waals surface area contributed by atoms with Crippen LogP contribution in [0, 0.1) is 35.5 Å². The van der Waals surface area contributed by atoms with Crippen LogP contribution in [0.4, 0.5) is 0 Å². The van der Waals surface area contributed by atoms with Gasteiger partial charge in [-0.05, 0) is 73.2 Å². The molecule has 4 heterocycles. The maximum atomic E-state index is 6.60. The lowest BCUT2D eigenvalue weighted by molar-refractivity contribution is 0.227. The highest BCUT2D eigenvalue weighted by Gasteiger charge is 2.15. The molecular formula is C46H50N4O2. The number of hydrogen-bond acceptors (Lipinski definition) is 6. The average Bonchev–Trinajstić information content (AvgIpc) is 3.21. The fourth-order valence-corrected chi connectivity index (χ4v) is 5.75. The lowest BCUT2D eigenvalue weighted by Gasteiger charge is -2.19.